The van der Waals surface area contributed by atoms with E-state index >= 15 is 0 Å². The summed E-state index contributed by atoms with van der Waals surface area (Å²) in [4.78, 5) is 24.8. The van der Waals surface area contributed by atoms with Crippen molar-refractivity contribution < 1.29 is 4.79 Å². The molecule has 8 heteroatoms. The van der Waals surface area contributed by atoms with E-state index in [1.54, 1.807) is 29.8 Å². The number of aryl methyl sites for hydroxylation is 2. The van der Waals surface area contributed by atoms with E-state index in [-0.39, 0.29) is 11.5 Å². The molecule has 0 fully saturated rings. The molecule has 1 amide bonds. The summed E-state index contributed by atoms with van der Waals surface area (Å²) in [5, 5.41) is 11.5. The molecule has 0 saturated heterocycles. The standard InChI is InChI=1S/C18H18BrN5O2/c1-11-9-12(2)23(21-11)16-7-8-17(25)24(22-16)13(3)18(26)20-15-6-4-5-14(19)10-15/h4-10,13H,1-3H3,(H,20,26). The lowest BCUT2D eigenvalue weighted by Crippen LogP contribution is -2.33. The fourth-order valence-corrected chi connectivity index (χ4v) is 2.99. The molecule has 134 valence electrons. The minimum Gasteiger partial charge on any atom is -0.324 e. The van der Waals surface area contributed by atoms with Gasteiger partial charge >= 0.3 is 0 Å². The predicted molar refractivity (Wildman–Crippen MR) is 103 cm³/mol. The van der Waals surface area contributed by atoms with Crippen LogP contribution in [0.15, 0.2) is 51.7 Å². The predicted octanol–water partition coefficient (Wildman–Crippen LogP) is 3.01. The Balaban J connectivity index is 1.90. The summed E-state index contributed by atoms with van der Waals surface area (Å²) in [6.45, 7) is 5.42. The van der Waals surface area contributed by atoms with Crippen molar-refractivity contribution >= 4 is 27.5 Å². The molecule has 1 aromatic carbocycles. The second-order valence-electron chi connectivity index (χ2n) is 5.99. The molecule has 2 aromatic heterocycles. The van der Waals surface area contributed by atoms with Crippen LogP contribution < -0.4 is 10.9 Å². The molecule has 26 heavy (non-hydrogen) atoms. The van der Waals surface area contributed by atoms with Crippen molar-refractivity contribution in [1.29, 1.82) is 0 Å². The van der Waals surface area contributed by atoms with E-state index in [0.717, 1.165) is 15.9 Å². The van der Waals surface area contributed by atoms with Crippen LogP contribution in [0.5, 0.6) is 0 Å². The van der Waals surface area contributed by atoms with E-state index in [0.29, 0.717) is 11.5 Å². The molecule has 0 spiro atoms. The van der Waals surface area contributed by atoms with E-state index in [1.807, 2.05) is 32.0 Å². The highest BCUT2D eigenvalue weighted by molar-refractivity contribution is 9.10. The summed E-state index contributed by atoms with van der Waals surface area (Å²) in [5.74, 6) is 0.153. The van der Waals surface area contributed by atoms with Gasteiger partial charge in [-0.15, -0.1) is 5.10 Å². The van der Waals surface area contributed by atoms with Gasteiger partial charge in [-0.1, -0.05) is 22.0 Å². The smallest absolute Gasteiger partial charge is 0.267 e. The summed E-state index contributed by atoms with van der Waals surface area (Å²) in [7, 11) is 0. The van der Waals surface area contributed by atoms with Gasteiger partial charge in [-0.2, -0.15) is 5.10 Å². The van der Waals surface area contributed by atoms with Gasteiger partial charge < -0.3 is 5.32 Å². The van der Waals surface area contributed by atoms with E-state index in [9.17, 15) is 9.59 Å². The molecule has 0 aliphatic heterocycles. The Labute approximate surface area is 158 Å². The SMILES string of the molecule is Cc1cc(C)n(-c2ccc(=O)n(C(C)C(=O)Nc3cccc(Br)c3)n2)n1. The Hall–Kier alpha value is -2.74. The first kappa shape index (κ1) is 18.1. The van der Waals surface area contributed by atoms with Crippen LogP contribution in [0.2, 0.25) is 0 Å². The molecule has 0 bridgehead atoms. The molecule has 7 nitrogen and oxygen atoms in total. The molecule has 1 N–H and O–H groups in total. The lowest BCUT2D eigenvalue weighted by molar-refractivity contribution is -0.119. The van der Waals surface area contributed by atoms with Crippen LogP contribution in [-0.4, -0.2) is 25.5 Å². The zero-order chi connectivity index (χ0) is 18.8. The Morgan fingerprint density at radius 3 is 2.58 bits per heavy atom. The summed E-state index contributed by atoms with van der Waals surface area (Å²) in [6, 6.07) is 11.4. The van der Waals surface area contributed by atoms with E-state index in [2.05, 4.69) is 31.4 Å². The Bertz CT molecular complexity index is 1020. The van der Waals surface area contributed by atoms with Gasteiger partial charge in [-0.05, 0) is 51.1 Å². The quantitative estimate of drug-likeness (QED) is 0.709. The normalized spacial score (nSPS) is 12.0. The number of aromatic nitrogens is 4. The number of hydrogen-bond donors (Lipinski definition) is 1. The van der Waals surface area contributed by atoms with Crippen LogP contribution >= 0.6 is 15.9 Å². The summed E-state index contributed by atoms with van der Waals surface area (Å²) in [5.41, 5.74) is 2.03. The number of benzene rings is 1. The van der Waals surface area contributed by atoms with Gasteiger partial charge in [0, 0.05) is 21.9 Å². The fraction of sp³-hybridized carbons (Fsp3) is 0.222. The highest BCUT2D eigenvalue weighted by Gasteiger charge is 2.19. The molecule has 0 radical (unpaired) electrons. The van der Waals surface area contributed by atoms with E-state index in [4.69, 9.17) is 0 Å². The molecule has 0 saturated carbocycles. The summed E-state index contributed by atoms with van der Waals surface area (Å²) < 4.78 is 3.66. The van der Waals surface area contributed by atoms with Crippen LogP contribution in [0.1, 0.15) is 24.4 Å². The van der Waals surface area contributed by atoms with Crippen LogP contribution in [0.4, 0.5) is 5.69 Å². The molecular weight excluding hydrogens is 398 g/mol. The number of rotatable bonds is 4. The number of carbonyl (C=O) groups is 1. The molecule has 1 unspecified atom stereocenters. The first-order chi connectivity index (χ1) is 12.3. The first-order valence-electron chi connectivity index (χ1n) is 8.05. The largest absolute Gasteiger partial charge is 0.324 e. The zero-order valence-electron chi connectivity index (χ0n) is 14.6. The van der Waals surface area contributed by atoms with Crippen molar-refractivity contribution in [1.82, 2.24) is 19.6 Å². The number of hydrogen-bond acceptors (Lipinski definition) is 4. The number of anilines is 1. The molecule has 3 rings (SSSR count). The number of nitrogens with one attached hydrogen (secondary N) is 1. The third kappa shape index (κ3) is 3.75. The van der Waals surface area contributed by atoms with Gasteiger partial charge in [0.1, 0.15) is 6.04 Å². The highest BCUT2D eigenvalue weighted by atomic mass is 79.9. The Morgan fingerprint density at radius 1 is 1.15 bits per heavy atom. The zero-order valence-corrected chi connectivity index (χ0v) is 16.2. The van der Waals surface area contributed by atoms with Crippen molar-refractivity contribution in [3.8, 4) is 5.82 Å². The minimum absolute atomic E-state index is 0.330. The lowest BCUT2D eigenvalue weighted by atomic mass is 10.2. The molecular formula is C18H18BrN5O2. The van der Waals surface area contributed by atoms with Crippen LogP contribution in [0.25, 0.3) is 5.82 Å². The molecule has 1 atom stereocenters. The van der Waals surface area contributed by atoms with Crippen LogP contribution in [-0.2, 0) is 4.79 Å². The fourth-order valence-electron chi connectivity index (χ4n) is 2.59. The Kier molecular flexibility index (Phi) is 5.03. The second-order valence-corrected chi connectivity index (χ2v) is 6.90. The van der Waals surface area contributed by atoms with Gasteiger partial charge in [-0.3, -0.25) is 9.59 Å². The van der Waals surface area contributed by atoms with E-state index in [1.165, 1.54) is 10.7 Å². The topological polar surface area (TPSA) is 81.8 Å². The molecule has 0 aliphatic carbocycles. The van der Waals surface area contributed by atoms with Crippen molar-refractivity contribution in [2.24, 2.45) is 0 Å². The highest BCUT2D eigenvalue weighted by Crippen LogP contribution is 2.17. The number of carbonyl (C=O) groups excluding carboxylic acids is 1. The maximum Gasteiger partial charge on any atom is 0.267 e. The number of nitrogens with zero attached hydrogens (tertiary/aromatic N) is 4. The lowest BCUT2D eigenvalue weighted by Gasteiger charge is -2.15. The minimum atomic E-state index is -0.779. The summed E-state index contributed by atoms with van der Waals surface area (Å²) in [6.07, 6.45) is 0. The number of halogens is 1. The van der Waals surface area contributed by atoms with Gasteiger partial charge in [0.25, 0.3) is 5.56 Å². The average Bonchev–Trinajstić information content (AvgIpc) is 2.93. The third-order valence-electron chi connectivity index (χ3n) is 3.88. The number of amides is 1. The van der Waals surface area contributed by atoms with Crippen molar-refractivity contribution in [3.63, 3.8) is 0 Å². The maximum atomic E-state index is 12.5. The second kappa shape index (κ2) is 7.25. The summed E-state index contributed by atoms with van der Waals surface area (Å²) >= 11 is 3.36. The maximum absolute atomic E-state index is 12.5. The van der Waals surface area contributed by atoms with Crippen LogP contribution in [0.3, 0.4) is 0 Å². The first-order valence-corrected chi connectivity index (χ1v) is 8.84. The molecule has 3 aromatic rings. The third-order valence-corrected chi connectivity index (χ3v) is 4.37. The van der Waals surface area contributed by atoms with Crippen molar-refractivity contribution in [2.45, 2.75) is 26.8 Å². The monoisotopic (exact) mass is 415 g/mol. The van der Waals surface area contributed by atoms with Crippen molar-refractivity contribution in [2.75, 3.05) is 5.32 Å². The van der Waals surface area contributed by atoms with Crippen LogP contribution in [0, 0.1) is 13.8 Å². The van der Waals surface area contributed by atoms with Gasteiger partial charge in [0.2, 0.25) is 5.91 Å². The Morgan fingerprint density at radius 2 is 1.92 bits per heavy atom. The molecule has 0 aliphatic rings. The molecule has 2 heterocycles. The van der Waals surface area contributed by atoms with Crippen molar-refractivity contribution in [3.05, 3.63) is 68.7 Å². The van der Waals surface area contributed by atoms with E-state index < -0.39 is 6.04 Å². The van der Waals surface area contributed by atoms with Gasteiger partial charge in [-0.25, -0.2) is 9.36 Å². The van der Waals surface area contributed by atoms with Gasteiger partial charge in [0.15, 0.2) is 5.82 Å². The average molecular weight is 416 g/mol. The van der Waals surface area contributed by atoms with Gasteiger partial charge in [0.05, 0.1) is 5.69 Å².